The number of aryl methyl sites for hydroxylation is 1. The summed E-state index contributed by atoms with van der Waals surface area (Å²) in [5, 5.41) is 9.36. The predicted octanol–water partition coefficient (Wildman–Crippen LogP) is 0.378. The molecular formula is C13H10N6O2S. The molecule has 0 aliphatic carbocycles. The fraction of sp³-hybridized carbons (Fsp3) is 0.154. The molecule has 3 heterocycles. The number of ether oxygens (including phenoxy) is 1. The molecule has 0 spiro atoms. The maximum Gasteiger partial charge on any atom is 0.368 e. The molecule has 0 saturated carbocycles. The zero-order valence-corrected chi connectivity index (χ0v) is 12.2. The molecule has 0 amide bonds. The number of nitrogens with zero attached hydrogens (tertiary/aromatic N) is 6. The third-order valence-electron chi connectivity index (χ3n) is 2.85. The Morgan fingerprint density at radius 2 is 2.36 bits per heavy atom. The van der Waals surface area contributed by atoms with Crippen LogP contribution in [-0.2, 0) is 13.7 Å². The van der Waals surface area contributed by atoms with Crippen molar-refractivity contribution in [3.8, 4) is 23.2 Å². The third-order valence-corrected chi connectivity index (χ3v) is 3.48. The molecule has 8 nitrogen and oxygen atoms in total. The highest BCUT2D eigenvalue weighted by molar-refractivity contribution is 7.11. The number of thiazole rings is 1. The Balaban J connectivity index is 2.02. The Kier molecular flexibility index (Phi) is 3.35. The van der Waals surface area contributed by atoms with Crippen LogP contribution >= 0.6 is 11.3 Å². The van der Waals surface area contributed by atoms with Crippen molar-refractivity contribution in [2.45, 2.75) is 6.61 Å². The van der Waals surface area contributed by atoms with Crippen LogP contribution in [0, 0.1) is 12.3 Å². The van der Waals surface area contributed by atoms with Crippen molar-refractivity contribution in [2.75, 3.05) is 0 Å². The van der Waals surface area contributed by atoms with Crippen LogP contribution < -0.4 is 10.4 Å². The summed E-state index contributed by atoms with van der Waals surface area (Å²) in [5.41, 5.74) is 1.00. The van der Waals surface area contributed by atoms with Gasteiger partial charge in [0.05, 0.1) is 18.8 Å². The normalized spacial score (nSPS) is 11.0. The second kappa shape index (κ2) is 5.79. The lowest BCUT2D eigenvalue weighted by atomic mass is 10.1. The second-order valence-electron chi connectivity index (χ2n) is 4.16. The lowest BCUT2D eigenvalue weighted by molar-refractivity contribution is 0.303. The Morgan fingerprint density at radius 1 is 1.50 bits per heavy atom. The van der Waals surface area contributed by atoms with E-state index in [9.17, 15) is 4.79 Å². The van der Waals surface area contributed by atoms with Gasteiger partial charge >= 0.3 is 5.69 Å². The van der Waals surface area contributed by atoms with Crippen LogP contribution in [-0.4, -0.2) is 29.8 Å². The molecule has 0 unspecified atom stereocenters. The quantitative estimate of drug-likeness (QED) is 0.647. The minimum Gasteiger partial charge on any atom is -0.465 e. The largest absolute Gasteiger partial charge is 0.465 e. The van der Waals surface area contributed by atoms with Crippen LogP contribution in [0.3, 0.4) is 0 Å². The van der Waals surface area contributed by atoms with E-state index in [1.54, 1.807) is 5.38 Å². The van der Waals surface area contributed by atoms with Crippen molar-refractivity contribution >= 4 is 11.3 Å². The average Bonchev–Trinajstić information content (AvgIpc) is 3.11. The van der Waals surface area contributed by atoms with Gasteiger partial charge in [-0.15, -0.1) is 6.42 Å². The van der Waals surface area contributed by atoms with E-state index in [1.165, 1.54) is 30.8 Å². The van der Waals surface area contributed by atoms with Gasteiger partial charge in [0.1, 0.15) is 6.61 Å². The molecule has 0 saturated heterocycles. The van der Waals surface area contributed by atoms with Gasteiger partial charge < -0.3 is 4.74 Å². The maximum absolute atomic E-state index is 12.0. The lowest BCUT2D eigenvalue weighted by Gasteiger charge is -2.10. The molecule has 3 rings (SSSR count). The molecule has 3 aromatic heterocycles. The third kappa shape index (κ3) is 2.47. The highest BCUT2D eigenvalue weighted by atomic mass is 32.1. The summed E-state index contributed by atoms with van der Waals surface area (Å²) >= 11 is 1.20. The number of rotatable bonds is 4. The van der Waals surface area contributed by atoms with E-state index in [0.717, 1.165) is 9.36 Å². The summed E-state index contributed by atoms with van der Waals surface area (Å²) in [7, 11) is 1.49. The Hall–Kier alpha value is -2.99. The Morgan fingerprint density at radius 3 is 3.00 bits per heavy atom. The molecule has 0 radical (unpaired) electrons. The first-order valence-electron chi connectivity index (χ1n) is 6.58. The van der Waals surface area contributed by atoms with Crippen molar-refractivity contribution in [3.63, 3.8) is 0 Å². The van der Waals surface area contributed by atoms with Gasteiger partial charge in [0.2, 0.25) is 0 Å². The topological polar surface area (TPSA) is 87.7 Å². The molecular weight excluding hydrogens is 304 g/mol. The zero-order chi connectivity index (χ0) is 16.4. The summed E-state index contributed by atoms with van der Waals surface area (Å²) in [6.07, 6.45) is 8.59. The lowest BCUT2D eigenvalue weighted by Crippen LogP contribution is -2.23. The van der Waals surface area contributed by atoms with E-state index in [2.05, 4.69) is 26.3 Å². The number of aromatic nitrogens is 6. The molecule has 0 bridgehead atoms. The number of tetrazole rings is 1. The van der Waals surface area contributed by atoms with Crippen LogP contribution in [0.5, 0.6) is 5.19 Å². The molecule has 0 N–H and O–H groups in total. The van der Waals surface area contributed by atoms with Crippen LogP contribution in [0.1, 0.15) is 12.5 Å². The van der Waals surface area contributed by atoms with E-state index < -0.39 is 5.69 Å². The van der Waals surface area contributed by atoms with Crippen molar-refractivity contribution in [2.24, 2.45) is 7.05 Å². The van der Waals surface area contributed by atoms with Gasteiger partial charge in [-0.3, -0.25) is 4.98 Å². The standard InChI is InChI=1S/C13H10N6O2S/c1-3-9-6-14-7-11(19-13(20)18(2)16-17-19)10(9)8-21-12-15-4-5-22-12/h1,4-7H,8H2,2H3/i4T. The number of hydrogen-bond donors (Lipinski definition) is 0. The fourth-order valence-electron chi connectivity index (χ4n) is 1.78. The monoisotopic (exact) mass is 316 g/mol. The van der Waals surface area contributed by atoms with Gasteiger partial charge in [-0.25, -0.2) is 9.78 Å². The molecule has 9 heteroatoms. The average molecular weight is 316 g/mol. The fourth-order valence-corrected chi connectivity index (χ4v) is 2.22. The number of pyridine rings is 1. The predicted molar refractivity (Wildman–Crippen MR) is 78.8 cm³/mol. The number of terminal acetylenes is 1. The summed E-state index contributed by atoms with van der Waals surface area (Å²) < 4.78 is 15.2. The molecule has 110 valence electrons. The number of hydrogen-bond acceptors (Lipinski definition) is 7. The second-order valence-corrected chi connectivity index (χ2v) is 4.98. The van der Waals surface area contributed by atoms with Crippen LogP contribution in [0.15, 0.2) is 28.7 Å². The molecule has 22 heavy (non-hydrogen) atoms. The van der Waals surface area contributed by atoms with Gasteiger partial charge in [-0.05, 0) is 10.4 Å². The van der Waals surface area contributed by atoms with Crippen LogP contribution in [0.4, 0.5) is 0 Å². The van der Waals surface area contributed by atoms with Gasteiger partial charge in [0.15, 0.2) is 0 Å². The van der Waals surface area contributed by atoms with Gasteiger partial charge in [-0.1, -0.05) is 17.3 Å². The zero-order valence-electron chi connectivity index (χ0n) is 12.4. The minimum atomic E-state index is -0.426. The summed E-state index contributed by atoms with van der Waals surface area (Å²) in [4.78, 5) is 20.0. The van der Waals surface area contributed by atoms with E-state index in [1.807, 2.05) is 0 Å². The van der Waals surface area contributed by atoms with E-state index >= 15 is 0 Å². The van der Waals surface area contributed by atoms with Crippen LogP contribution in [0.2, 0.25) is 0 Å². The first-order chi connectivity index (χ1) is 11.1. The molecule has 0 atom stereocenters. The molecule has 3 aromatic rings. The van der Waals surface area contributed by atoms with E-state index in [-0.39, 0.29) is 12.8 Å². The molecule has 0 aromatic carbocycles. The van der Waals surface area contributed by atoms with Gasteiger partial charge in [0.25, 0.3) is 5.19 Å². The Labute approximate surface area is 130 Å². The molecule has 0 aliphatic rings. The summed E-state index contributed by atoms with van der Waals surface area (Å²) in [6.45, 7) is 0.0629. The van der Waals surface area contributed by atoms with Crippen molar-refractivity contribution in [3.05, 3.63) is 45.6 Å². The highest BCUT2D eigenvalue weighted by Gasteiger charge is 2.15. The van der Waals surface area contributed by atoms with Crippen molar-refractivity contribution in [1.82, 2.24) is 29.8 Å². The van der Waals surface area contributed by atoms with Gasteiger partial charge in [-0.2, -0.15) is 9.36 Å². The van der Waals surface area contributed by atoms with E-state index in [0.29, 0.717) is 22.0 Å². The van der Waals surface area contributed by atoms with E-state index in [4.69, 9.17) is 12.5 Å². The SMILES string of the molecule is [3H]c1csc(OCc2c(C#C)cncc2-n2nnn(C)c2=O)n1. The Bertz CT molecular complexity index is 954. The minimum absolute atomic E-state index is 0.0629. The first kappa shape index (κ1) is 12.7. The first-order valence-corrected chi connectivity index (χ1v) is 6.96. The highest BCUT2D eigenvalue weighted by Crippen LogP contribution is 2.20. The summed E-state index contributed by atoms with van der Waals surface area (Å²) in [6, 6.07) is 0. The van der Waals surface area contributed by atoms with Crippen LogP contribution in [0.25, 0.3) is 5.69 Å². The van der Waals surface area contributed by atoms with Crippen molar-refractivity contribution in [1.29, 1.82) is 0 Å². The summed E-state index contributed by atoms with van der Waals surface area (Å²) in [5.74, 6) is 2.51. The van der Waals surface area contributed by atoms with Gasteiger partial charge in [0, 0.05) is 30.4 Å². The van der Waals surface area contributed by atoms with Crippen molar-refractivity contribution < 1.29 is 6.11 Å². The molecule has 0 fully saturated rings. The maximum atomic E-state index is 12.0. The smallest absolute Gasteiger partial charge is 0.368 e. The molecule has 0 aliphatic heterocycles.